The summed E-state index contributed by atoms with van der Waals surface area (Å²) < 4.78 is 6.89. The number of hydrogen-bond acceptors (Lipinski definition) is 3. The third kappa shape index (κ3) is 2.46. The summed E-state index contributed by atoms with van der Waals surface area (Å²) in [6.07, 6.45) is 5.84. The molecule has 1 aromatic rings. The number of rotatable bonds is 5. The fourth-order valence-electron chi connectivity index (χ4n) is 3.29. The highest BCUT2D eigenvalue weighted by atomic mass is 35.5. The molecule has 18 heavy (non-hydrogen) atoms. The molecule has 100 valence electrons. The normalized spacial score (nSPS) is 32.0. The second-order valence-corrected chi connectivity index (χ2v) is 7.09. The number of ether oxygens (including phenoxy) is 1. The van der Waals surface area contributed by atoms with E-state index in [2.05, 4.69) is 18.3 Å². The minimum absolute atomic E-state index is 0.428. The van der Waals surface area contributed by atoms with E-state index < -0.39 is 0 Å². The minimum atomic E-state index is 0.428. The van der Waals surface area contributed by atoms with Crippen molar-refractivity contribution in [3.63, 3.8) is 0 Å². The van der Waals surface area contributed by atoms with Gasteiger partial charge in [0.2, 0.25) is 0 Å². The van der Waals surface area contributed by atoms with Gasteiger partial charge in [0.15, 0.2) is 0 Å². The molecule has 0 saturated carbocycles. The molecule has 2 fully saturated rings. The Morgan fingerprint density at radius 1 is 1.50 bits per heavy atom. The first-order valence-electron chi connectivity index (χ1n) is 6.92. The molecule has 0 spiro atoms. The third-order valence-electron chi connectivity index (χ3n) is 4.10. The van der Waals surface area contributed by atoms with Crippen LogP contribution in [0.1, 0.15) is 43.5 Å². The maximum absolute atomic E-state index is 6.08. The van der Waals surface area contributed by atoms with Gasteiger partial charge in [-0.05, 0) is 44.4 Å². The van der Waals surface area contributed by atoms with Gasteiger partial charge in [0.1, 0.15) is 0 Å². The van der Waals surface area contributed by atoms with Crippen LogP contribution in [0.5, 0.6) is 0 Å². The Balaban J connectivity index is 1.77. The number of fused-ring (bicyclic) bond motifs is 2. The van der Waals surface area contributed by atoms with Crippen molar-refractivity contribution in [3.05, 3.63) is 21.3 Å². The van der Waals surface area contributed by atoms with Gasteiger partial charge in [0.25, 0.3) is 0 Å². The Morgan fingerprint density at radius 2 is 2.39 bits per heavy atom. The van der Waals surface area contributed by atoms with Crippen molar-refractivity contribution < 1.29 is 4.74 Å². The van der Waals surface area contributed by atoms with Gasteiger partial charge in [-0.15, -0.1) is 11.3 Å². The van der Waals surface area contributed by atoms with Gasteiger partial charge >= 0.3 is 0 Å². The van der Waals surface area contributed by atoms with Gasteiger partial charge in [-0.3, -0.25) is 0 Å². The van der Waals surface area contributed by atoms with Gasteiger partial charge in [-0.1, -0.05) is 18.5 Å². The Kier molecular flexibility index (Phi) is 3.94. The number of nitrogens with one attached hydrogen (secondary N) is 1. The quantitative estimate of drug-likeness (QED) is 0.883. The molecule has 2 aliphatic heterocycles. The molecule has 2 aliphatic rings. The van der Waals surface area contributed by atoms with Crippen molar-refractivity contribution in [2.24, 2.45) is 5.92 Å². The summed E-state index contributed by atoms with van der Waals surface area (Å²) in [4.78, 5) is 1.37. The fourth-order valence-corrected chi connectivity index (χ4v) is 4.50. The molecule has 4 atom stereocenters. The molecule has 1 aromatic heterocycles. The second kappa shape index (κ2) is 5.49. The highest BCUT2D eigenvalue weighted by Gasteiger charge is 2.44. The lowest BCUT2D eigenvalue weighted by molar-refractivity contribution is 0.0859. The third-order valence-corrected chi connectivity index (χ3v) is 5.41. The van der Waals surface area contributed by atoms with Gasteiger partial charge in [0.05, 0.1) is 16.5 Å². The number of hydrogen-bond donors (Lipinski definition) is 1. The largest absolute Gasteiger partial charge is 0.375 e. The predicted molar refractivity (Wildman–Crippen MR) is 76.4 cm³/mol. The maximum atomic E-state index is 6.08. The molecular formula is C14H20ClNOS. The van der Waals surface area contributed by atoms with Crippen molar-refractivity contribution in [1.82, 2.24) is 5.32 Å². The monoisotopic (exact) mass is 285 g/mol. The van der Waals surface area contributed by atoms with E-state index in [9.17, 15) is 0 Å². The summed E-state index contributed by atoms with van der Waals surface area (Å²) in [7, 11) is 0. The SMILES string of the molecule is CCCNC(c1ccc(Cl)s1)C1CC2CCC1O2. The lowest BCUT2D eigenvalue weighted by Gasteiger charge is -2.28. The molecule has 0 aromatic carbocycles. The van der Waals surface area contributed by atoms with E-state index in [1.807, 2.05) is 6.07 Å². The number of thiophene rings is 1. The smallest absolute Gasteiger partial charge is 0.0931 e. The first-order valence-corrected chi connectivity index (χ1v) is 8.11. The van der Waals surface area contributed by atoms with Gasteiger partial charge in [0, 0.05) is 16.8 Å². The number of halogens is 1. The van der Waals surface area contributed by atoms with Crippen LogP contribution in [0.3, 0.4) is 0 Å². The summed E-state index contributed by atoms with van der Waals surface area (Å²) in [6, 6.07) is 4.61. The molecule has 2 saturated heterocycles. The lowest BCUT2D eigenvalue weighted by atomic mass is 9.83. The van der Waals surface area contributed by atoms with Crippen LogP contribution in [0.15, 0.2) is 12.1 Å². The molecule has 0 aliphatic carbocycles. The molecule has 3 heterocycles. The van der Waals surface area contributed by atoms with E-state index in [1.54, 1.807) is 11.3 Å². The second-order valence-electron chi connectivity index (χ2n) is 5.35. The summed E-state index contributed by atoms with van der Waals surface area (Å²) in [5.74, 6) is 0.630. The zero-order chi connectivity index (χ0) is 12.5. The lowest BCUT2D eigenvalue weighted by Crippen LogP contribution is -2.33. The highest BCUT2D eigenvalue weighted by Crippen LogP contribution is 2.46. The summed E-state index contributed by atoms with van der Waals surface area (Å²) in [6.45, 7) is 3.27. The van der Waals surface area contributed by atoms with Crippen molar-refractivity contribution >= 4 is 22.9 Å². The van der Waals surface area contributed by atoms with E-state index in [4.69, 9.17) is 16.3 Å². The van der Waals surface area contributed by atoms with Crippen LogP contribution in [0.2, 0.25) is 4.34 Å². The Labute approximate surface area is 118 Å². The van der Waals surface area contributed by atoms with Crippen LogP contribution in [-0.4, -0.2) is 18.8 Å². The van der Waals surface area contributed by atoms with E-state index in [-0.39, 0.29) is 0 Å². The van der Waals surface area contributed by atoms with Crippen molar-refractivity contribution in [2.75, 3.05) is 6.54 Å². The first kappa shape index (κ1) is 12.9. The highest BCUT2D eigenvalue weighted by molar-refractivity contribution is 7.16. The fraction of sp³-hybridized carbons (Fsp3) is 0.714. The molecule has 1 N–H and O–H groups in total. The molecule has 0 amide bonds. The maximum Gasteiger partial charge on any atom is 0.0931 e. The van der Waals surface area contributed by atoms with E-state index in [0.717, 1.165) is 17.3 Å². The van der Waals surface area contributed by atoms with Gasteiger partial charge in [-0.2, -0.15) is 0 Å². The molecule has 2 bridgehead atoms. The first-order chi connectivity index (χ1) is 8.78. The van der Waals surface area contributed by atoms with Gasteiger partial charge in [-0.25, -0.2) is 0 Å². The molecular weight excluding hydrogens is 266 g/mol. The topological polar surface area (TPSA) is 21.3 Å². The molecule has 4 heteroatoms. The average molecular weight is 286 g/mol. The Hall–Kier alpha value is -0.0900. The van der Waals surface area contributed by atoms with Crippen LogP contribution in [0.25, 0.3) is 0 Å². The summed E-state index contributed by atoms with van der Waals surface area (Å²) in [5.41, 5.74) is 0. The van der Waals surface area contributed by atoms with Gasteiger partial charge < -0.3 is 10.1 Å². The molecule has 4 unspecified atom stereocenters. The average Bonchev–Trinajstić information content (AvgIpc) is 3.06. The Morgan fingerprint density at radius 3 is 2.94 bits per heavy atom. The van der Waals surface area contributed by atoms with Crippen LogP contribution < -0.4 is 5.32 Å². The van der Waals surface area contributed by atoms with Crippen molar-refractivity contribution in [3.8, 4) is 0 Å². The van der Waals surface area contributed by atoms with Crippen LogP contribution in [0, 0.1) is 5.92 Å². The summed E-state index contributed by atoms with van der Waals surface area (Å²) >= 11 is 7.79. The van der Waals surface area contributed by atoms with Crippen molar-refractivity contribution in [2.45, 2.75) is 50.9 Å². The molecule has 0 radical (unpaired) electrons. The zero-order valence-corrected chi connectivity index (χ0v) is 12.3. The predicted octanol–water partition coefficient (Wildman–Crippen LogP) is 4.01. The van der Waals surface area contributed by atoms with Crippen LogP contribution in [0.4, 0.5) is 0 Å². The zero-order valence-electron chi connectivity index (χ0n) is 10.7. The van der Waals surface area contributed by atoms with E-state index >= 15 is 0 Å². The standard InChI is InChI=1S/C14H20ClNOS/c1-2-7-16-14(12-5-6-13(15)18-12)10-8-9-3-4-11(10)17-9/h5-6,9-11,14,16H,2-4,7-8H2,1H3. The Bertz CT molecular complexity index is 408. The summed E-state index contributed by atoms with van der Waals surface area (Å²) in [5, 5.41) is 3.70. The van der Waals surface area contributed by atoms with E-state index in [1.165, 1.54) is 24.1 Å². The van der Waals surface area contributed by atoms with E-state index in [0.29, 0.717) is 24.2 Å². The molecule has 2 nitrogen and oxygen atoms in total. The van der Waals surface area contributed by atoms with Crippen LogP contribution in [-0.2, 0) is 4.74 Å². The van der Waals surface area contributed by atoms with Crippen molar-refractivity contribution in [1.29, 1.82) is 0 Å². The minimum Gasteiger partial charge on any atom is -0.375 e. The van der Waals surface area contributed by atoms with Crippen LogP contribution >= 0.6 is 22.9 Å². The molecule has 3 rings (SSSR count).